The van der Waals surface area contributed by atoms with Gasteiger partial charge in [-0.25, -0.2) is 4.98 Å². The third-order valence-corrected chi connectivity index (χ3v) is 3.14. The first kappa shape index (κ1) is 10.4. The molecule has 0 spiro atoms. The Morgan fingerprint density at radius 1 is 1.53 bits per heavy atom. The van der Waals surface area contributed by atoms with Gasteiger partial charge < -0.3 is 4.57 Å². The van der Waals surface area contributed by atoms with Crippen LogP contribution in [0.15, 0.2) is 28.4 Å². The number of halogens is 1. The van der Waals surface area contributed by atoms with Crippen molar-refractivity contribution in [3.63, 3.8) is 0 Å². The molecule has 0 saturated heterocycles. The van der Waals surface area contributed by atoms with Gasteiger partial charge in [0.1, 0.15) is 0 Å². The van der Waals surface area contributed by atoms with Gasteiger partial charge in [0.15, 0.2) is 4.47 Å². The smallest absolute Gasteiger partial charge is 0.251 e. The average Bonchev–Trinajstić information content (AvgIpc) is 2.58. The van der Waals surface area contributed by atoms with E-state index in [4.69, 9.17) is 11.6 Å². The second-order valence-electron chi connectivity index (χ2n) is 3.18. The highest BCUT2D eigenvalue weighted by molar-refractivity contribution is 7.13. The van der Waals surface area contributed by atoms with Crippen molar-refractivity contribution in [3.8, 4) is 0 Å². The lowest BCUT2D eigenvalue weighted by Gasteiger charge is -2.06. The number of aromatic nitrogens is 2. The summed E-state index contributed by atoms with van der Waals surface area (Å²) in [5.41, 5.74) is 1.73. The maximum atomic E-state index is 11.6. The van der Waals surface area contributed by atoms with Gasteiger partial charge in [0.2, 0.25) is 0 Å². The molecular weight excluding hydrogens is 232 g/mol. The zero-order valence-electron chi connectivity index (χ0n) is 8.11. The molecule has 0 bridgehead atoms. The predicted molar refractivity (Wildman–Crippen MR) is 61.7 cm³/mol. The monoisotopic (exact) mass is 240 g/mol. The number of hydrogen-bond donors (Lipinski definition) is 0. The highest BCUT2D eigenvalue weighted by Crippen LogP contribution is 2.15. The van der Waals surface area contributed by atoms with Gasteiger partial charge >= 0.3 is 0 Å². The Morgan fingerprint density at radius 3 is 2.93 bits per heavy atom. The molecule has 0 aromatic carbocycles. The minimum absolute atomic E-state index is 0.0147. The zero-order valence-corrected chi connectivity index (χ0v) is 9.68. The molecule has 0 aliphatic heterocycles. The summed E-state index contributed by atoms with van der Waals surface area (Å²) < 4.78 is 2.18. The molecule has 2 rings (SSSR count). The number of thiazole rings is 1. The molecule has 0 amide bonds. The Labute approximate surface area is 96.0 Å². The number of nitrogens with zero attached hydrogens (tertiary/aromatic N) is 2. The summed E-state index contributed by atoms with van der Waals surface area (Å²) in [5.74, 6) is 0. The van der Waals surface area contributed by atoms with E-state index in [1.165, 1.54) is 11.3 Å². The first-order chi connectivity index (χ1) is 7.16. The molecule has 0 aliphatic carbocycles. The van der Waals surface area contributed by atoms with Crippen molar-refractivity contribution in [3.05, 3.63) is 49.8 Å². The van der Waals surface area contributed by atoms with Gasteiger partial charge in [-0.1, -0.05) is 17.7 Å². The van der Waals surface area contributed by atoms with Crippen molar-refractivity contribution in [1.29, 1.82) is 0 Å². The normalized spacial score (nSPS) is 10.5. The lowest BCUT2D eigenvalue weighted by molar-refractivity contribution is 0.717. The van der Waals surface area contributed by atoms with Crippen LogP contribution in [0.1, 0.15) is 11.4 Å². The molecule has 2 aromatic heterocycles. The molecule has 0 N–H and O–H groups in total. The molecule has 0 unspecified atom stereocenters. The van der Waals surface area contributed by atoms with Crippen LogP contribution in [0.3, 0.4) is 0 Å². The van der Waals surface area contributed by atoms with Crippen LogP contribution < -0.4 is 5.56 Å². The third-order valence-electron chi connectivity index (χ3n) is 2.11. The van der Waals surface area contributed by atoms with E-state index in [1.54, 1.807) is 16.7 Å². The molecule has 2 heterocycles. The minimum Gasteiger partial charge on any atom is -0.307 e. The van der Waals surface area contributed by atoms with E-state index in [9.17, 15) is 4.79 Å². The standard InChI is InChI=1S/C10H9ClN2OS/c1-7-3-2-4-9(14)13(7)5-8-6-15-10(11)12-8/h2-4,6H,5H2,1H3. The molecule has 5 heteroatoms. The van der Waals surface area contributed by atoms with Crippen molar-refractivity contribution in [2.45, 2.75) is 13.5 Å². The summed E-state index contributed by atoms with van der Waals surface area (Å²) in [7, 11) is 0. The first-order valence-electron chi connectivity index (χ1n) is 4.43. The van der Waals surface area contributed by atoms with Gasteiger partial charge in [0, 0.05) is 17.1 Å². The van der Waals surface area contributed by atoms with E-state index >= 15 is 0 Å². The molecule has 3 nitrogen and oxygen atoms in total. The number of rotatable bonds is 2. The Hall–Kier alpha value is -1.13. The number of aryl methyl sites for hydroxylation is 1. The van der Waals surface area contributed by atoms with Gasteiger partial charge in [0.05, 0.1) is 12.2 Å². The van der Waals surface area contributed by atoms with E-state index in [0.29, 0.717) is 11.0 Å². The summed E-state index contributed by atoms with van der Waals surface area (Å²) in [5, 5.41) is 1.86. The number of pyridine rings is 1. The Balaban J connectivity index is 2.36. The largest absolute Gasteiger partial charge is 0.307 e. The molecule has 0 fully saturated rings. The van der Waals surface area contributed by atoms with Crippen LogP contribution in [0.5, 0.6) is 0 Å². The Bertz CT molecular complexity index is 532. The fraction of sp³-hybridized carbons (Fsp3) is 0.200. The minimum atomic E-state index is -0.0147. The van der Waals surface area contributed by atoms with Crippen LogP contribution >= 0.6 is 22.9 Å². The van der Waals surface area contributed by atoms with Gasteiger partial charge in [0.25, 0.3) is 5.56 Å². The summed E-state index contributed by atoms with van der Waals surface area (Å²) >= 11 is 7.10. The van der Waals surface area contributed by atoms with Gasteiger partial charge in [-0.15, -0.1) is 11.3 Å². The van der Waals surface area contributed by atoms with Crippen molar-refractivity contribution >= 4 is 22.9 Å². The summed E-state index contributed by atoms with van der Waals surface area (Å²) in [6.45, 7) is 2.38. The van der Waals surface area contributed by atoms with Gasteiger partial charge in [-0.2, -0.15) is 0 Å². The fourth-order valence-electron chi connectivity index (χ4n) is 1.34. The van der Waals surface area contributed by atoms with Crippen molar-refractivity contribution in [2.75, 3.05) is 0 Å². The lowest BCUT2D eigenvalue weighted by Crippen LogP contribution is -2.21. The molecule has 0 atom stereocenters. The van der Waals surface area contributed by atoms with E-state index in [-0.39, 0.29) is 5.56 Å². The van der Waals surface area contributed by atoms with Crippen molar-refractivity contribution in [2.24, 2.45) is 0 Å². The second-order valence-corrected chi connectivity index (χ2v) is 4.62. The molecular formula is C10H9ClN2OS. The van der Waals surface area contributed by atoms with Crippen LogP contribution in [-0.2, 0) is 6.54 Å². The van der Waals surface area contributed by atoms with Crippen LogP contribution in [-0.4, -0.2) is 9.55 Å². The molecule has 15 heavy (non-hydrogen) atoms. The number of hydrogen-bond acceptors (Lipinski definition) is 3. The highest BCUT2D eigenvalue weighted by Gasteiger charge is 2.03. The second kappa shape index (κ2) is 4.16. The molecule has 2 aromatic rings. The van der Waals surface area contributed by atoms with Crippen LogP contribution in [0.4, 0.5) is 0 Å². The molecule has 0 aliphatic rings. The van der Waals surface area contributed by atoms with Gasteiger partial charge in [-0.05, 0) is 13.0 Å². The van der Waals surface area contributed by atoms with E-state index < -0.39 is 0 Å². The molecule has 0 radical (unpaired) electrons. The van der Waals surface area contributed by atoms with Crippen molar-refractivity contribution < 1.29 is 0 Å². The Morgan fingerprint density at radius 2 is 2.33 bits per heavy atom. The van der Waals surface area contributed by atoms with Crippen molar-refractivity contribution in [1.82, 2.24) is 9.55 Å². The van der Waals surface area contributed by atoms with E-state index in [0.717, 1.165) is 11.4 Å². The van der Waals surface area contributed by atoms with Crippen LogP contribution in [0.25, 0.3) is 0 Å². The lowest BCUT2D eigenvalue weighted by atomic mass is 10.3. The van der Waals surface area contributed by atoms with E-state index in [2.05, 4.69) is 4.98 Å². The predicted octanol–water partition coefficient (Wildman–Crippen LogP) is 2.31. The molecule has 0 saturated carbocycles. The topological polar surface area (TPSA) is 34.9 Å². The van der Waals surface area contributed by atoms with Crippen LogP contribution in [0.2, 0.25) is 4.47 Å². The summed E-state index contributed by atoms with van der Waals surface area (Å²) in [6, 6.07) is 5.19. The quantitative estimate of drug-likeness (QED) is 0.808. The summed E-state index contributed by atoms with van der Waals surface area (Å²) in [4.78, 5) is 15.7. The summed E-state index contributed by atoms with van der Waals surface area (Å²) in [6.07, 6.45) is 0. The average molecular weight is 241 g/mol. The van der Waals surface area contributed by atoms with Gasteiger partial charge in [-0.3, -0.25) is 4.79 Å². The van der Waals surface area contributed by atoms with Crippen LogP contribution in [0, 0.1) is 6.92 Å². The first-order valence-corrected chi connectivity index (χ1v) is 5.69. The SMILES string of the molecule is Cc1cccc(=O)n1Cc1csc(Cl)n1. The maximum absolute atomic E-state index is 11.6. The molecule has 78 valence electrons. The maximum Gasteiger partial charge on any atom is 0.251 e. The third kappa shape index (κ3) is 2.27. The fourth-order valence-corrected chi connectivity index (χ4v) is 2.12. The Kier molecular flexibility index (Phi) is 2.88. The zero-order chi connectivity index (χ0) is 10.8. The van der Waals surface area contributed by atoms with E-state index in [1.807, 2.05) is 18.4 Å². The highest BCUT2D eigenvalue weighted by atomic mass is 35.5.